The fourth-order valence-corrected chi connectivity index (χ4v) is 7.73. The number of benzene rings is 2. The molecule has 47 heavy (non-hydrogen) atoms. The second-order valence-electron chi connectivity index (χ2n) is 13.2. The third-order valence-electron chi connectivity index (χ3n) is 9.69. The summed E-state index contributed by atoms with van der Waals surface area (Å²) in [6.07, 6.45) is 6.92. The third kappa shape index (κ3) is 5.68. The molecule has 4 aromatic rings. The zero-order valence-electron chi connectivity index (χ0n) is 26.7. The monoisotopic (exact) mass is 633 g/mol. The molecule has 1 amide bonds. The van der Waals surface area contributed by atoms with Gasteiger partial charge in [-0.05, 0) is 88.1 Å². The van der Waals surface area contributed by atoms with Gasteiger partial charge in [-0.3, -0.25) is 18.8 Å². The first-order valence-corrected chi connectivity index (χ1v) is 16.2. The summed E-state index contributed by atoms with van der Waals surface area (Å²) in [7, 11) is 0. The maximum Gasteiger partial charge on any atom is 0.334 e. The van der Waals surface area contributed by atoms with Crippen LogP contribution < -0.4 is 16.2 Å². The van der Waals surface area contributed by atoms with Crippen molar-refractivity contribution in [3.05, 3.63) is 89.0 Å². The van der Waals surface area contributed by atoms with Gasteiger partial charge >= 0.3 is 5.69 Å². The molecule has 5 heterocycles. The molecule has 242 valence electrons. The Hall–Kier alpha value is -4.92. The van der Waals surface area contributed by atoms with Crippen LogP contribution in [0.4, 0.5) is 5.82 Å². The number of nitrogens with two attached hydrogens (primary N) is 1. The highest BCUT2D eigenvalue weighted by atomic mass is 16.5. The van der Waals surface area contributed by atoms with Gasteiger partial charge in [0, 0.05) is 36.9 Å². The molecule has 0 aliphatic carbocycles. The third-order valence-corrected chi connectivity index (χ3v) is 9.69. The van der Waals surface area contributed by atoms with E-state index in [9.17, 15) is 14.9 Å². The van der Waals surface area contributed by atoms with E-state index in [0.717, 1.165) is 12.8 Å². The molecule has 2 N–H and O–H groups in total. The number of ether oxygens (including phenoxy) is 2. The predicted molar refractivity (Wildman–Crippen MR) is 178 cm³/mol. The Kier molecular flexibility index (Phi) is 8.08. The number of fused-ring (bicyclic) bond motifs is 3. The van der Waals surface area contributed by atoms with E-state index in [0.29, 0.717) is 67.4 Å². The van der Waals surface area contributed by atoms with Gasteiger partial charge in [0.05, 0.1) is 30.5 Å². The fraction of sp³-hybridized carbons (Fsp3) is 0.389. The summed E-state index contributed by atoms with van der Waals surface area (Å²) in [4.78, 5) is 36.5. The van der Waals surface area contributed by atoms with Crippen LogP contribution in [-0.2, 0) is 9.53 Å². The van der Waals surface area contributed by atoms with Gasteiger partial charge in [-0.15, -0.1) is 0 Å². The average Bonchev–Trinajstić information content (AvgIpc) is 3.54. The van der Waals surface area contributed by atoms with Crippen LogP contribution in [0.2, 0.25) is 0 Å². The largest absolute Gasteiger partial charge is 0.457 e. The number of aromatic nitrogens is 3. The summed E-state index contributed by atoms with van der Waals surface area (Å²) in [6.45, 7) is 6.29. The van der Waals surface area contributed by atoms with Gasteiger partial charge in [-0.25, -0.2) is 9.78 Å². The summed E-state index contributed by atoms with van der Waals surface area (Å²) in [5.74, 6) is 1.28. The Morgan fingerprint density at radius 2 is 1.72 bits per heavy atom. The van der Waals surface area contributed by atoms with Crippen molar-refractivity contribution in [2.75, 3.05) is 32.0 Å². The molecule has 3 aliphatic heterocycles. The van der Waals surface area contributed by atoms with Gasteiger partial charge in [0.1, 0.15) is 34.5 Å². The molecule has 2 bridgehead atoms. The number of pyridine rings is 1. The molecule has 11 heteroatoms. The molecule has 2 aromatic carbocycles. The van der Waals surface area contributed by atoms with Crippen molar-refractivity contribution in [3.8, 4) is 23.3 Å². The standard InChI is InChI=1S/C36H39N7O4/c1-36(2,43-27-10-11-28(43)23-46-22-27)19-24(20-37)34(44)40-18-6-7-26(21-40)41-31-16-17-39-33(38)32(31)42(35(41)45)25-12-14-30(15-13-25)47-29-8-4-3-5-9-29/h3-5,8-9,12-17,19,26-28H,6-7,10-11,18,21-23H2,1-2H3,(H2,38,39)/t26-,27-,28+/m1/s1. The number of carbonyl (C=O) groups is 1. The van der Waals surface area contributed by atoms with E-state index in [2.05, 4.69) is 29.8 Å². The minimum atomic E-state index is -0.484. The molecule has 0 saturated carbocycles. The SMILES string of the molecule is CC(C)(C=C(C#N)C(=O)N1CCC[C@@H](n2c(=O)n(-c3ccc(Oc4ccccc4)cc3)c3c(N)nccc32)C1)N1[C@@H]2CC[C@H]1COC2. The molecule has 0 radical (unpaired) electrons. The highest BCUT2D eigenvalue weighted by molar-refractivity contribution is 5.97. The summed E-state index contributed by atoms with van der Waals surface area (Å²) >= 11 is 0. The predicted octanol–water partition coefficient (Wildman–Crippen LogP) is 4.82. The number of nitrogen functional groups attached to an aromatic ring is 1. The lowest BCUT2D eigenvalue weighted by atomic mass is 9.95. The Morgan fingerprint density at radius 1 is 1.02 bits per heavy atom. The normalized spacial score (nSPS) is 21.9. The van der Waals surface area contributed by atoms with E-state index in [4.69, 9.17) is 15.2 Å². The zero-order chi connectivity index (χ0) is 32.7. The first kappa shape index (κ1) is 30.7. The van der Waals surface area contributed by atoms with Crippen LogP contribution in [0.1, 0.15) is 45.6 Å². The summed E-state index contributed by atoms with van der Waals surface area (Å²) < 4.78 is 15.0. The van der Waals surface area contributed by atoms with Gasteiger partial charge in [0.25, 0.3) is 5.91 Å². The van der Waals surface area contributed by atoms with Crippen molar-refractivity contribution in [1.82, 2.24) is 23.9 Å². The van der Waals surface area contributed by atoms with E-state index in [1.807, 2.05) is 60.7 Å². The van der Waals surface area contributed by atoms with Crippen molar-refractivity contribution >= 4 is 22.8 Å². The first-order valence-electron chi connectivity index (χ1n) is 16.2. The molecule has 3 fully saturated rings. The molecule has 3 atom stereocenters. The Balaban J connectivity index is 1.17. The number of morpholine rings is 1. The van der Waals surface area contributed by atoms with Crippen LogP contribution in [0, 0.1) is 11.3 Å². The number of imidazole rings is 1. The number of anilines is 1. The van der Waals surface area contributed by atoms with Crippen molar-refractivity contribution < 1.29 is 14.3 Å². The first-order chi connectivity index (χ1) is 22.7. The molecule has 7 rings (SSSR count). The van der Waals surface area contributed by atoms with Crippen LogP contribution in [0.3, 0.4) is 0 Å². The Labute approximate surface area is 273 Å². The highest BCUT2D eigenvalue weighted by Crippen LogP contribution is 2.37. The zero-order valence-corrected chi connectivity index (χ0v) is 26.7. The second-order valence-corrected chi connectivity index (χ2v) is 13.2. The number of hydrogen-bond acceptors (Lipinski definition) is 8. The summed E-state index contributed by atoms with van der Waals surface area (Å²) in [5.41, 5.74) is 7.54. The van der Waals surface area contributed by atoms with E-state index in [-0.39, 0.29) is 41.1 Å². The van der Waals surface area contributed by atoms with Gasteiger partial charge in [0.15, 0.2) is 0 Å². The lowest BCUT2D eigenvalue weighted by Gasteiger charge is -2.44. The lowest BCUT2D eigenvalue weighted by Crippen LogP contribution is -2.55. The summed E-state index contributed by atoms with van der Waals surface area (Å²) in [6, 6.07) is 21.0. The number of piperidine rings is 1. The average molecular weight is 634 g/mol. The van der Waals surface area contributed by atoms with E-state index < -0.39 is 5.54 Å². The number of carbonyl (C=O) groups excluding carboxylic acids is 1. The Bertz CT molecular complexity index is 1910. The van der Waals surface area contributed by atoms with E-state index in [1.54, 1.807) is 26.3 Å². The van der Waals surface area contributed by atoms with Gasteiger partial charge in [-0.1, -0.05) is 18.2 Å². The number of nitriles is 1. The van der Waals surface area contributed by atoms with Crippen LogP contribution >= 0.6 is 0 Å². The van der Waals surface area contributed by atoms with Gasteiger partial charge in [-0.2, -0.15) is 5.26 Å². The van der Waals surface area contributed by atoms with Crippen LogP contribution in [0.25, 0.3) is 16.7 Å². The molecule has 0 unspecified atom stereocenters. The van der Waals surface area contributed by atoms with Crippen LogP contribution in [0.5, 0.6) is 11.5 Å². The van der Waals surface area contributed by atoms with Gasteiger partial charge in [0.2, 0.25) is 0 Å². The molecular weight excluding hydrogens is 594 g/mol. The Morgan fingerprint density at radius 3 is 2.43 bits per heavy atom. The summed E-state index contributed by atoms with van der Waals surface area (Å²) in [5, 5.41) is 10.2. The molecule has 11 nitrogen and oxygen atoms in total. The number of rotatable bonds is 7. The number of nitrogens with zero attached hydrogens (tertiary/aromatic N) is 6. The van der Waals surface area contributed by atoms with Crippen molar-refractivity contribution in [3.63, 3.8) is 0 Å². The van der Waals surface area contributed by atoms with Crippen LogP contribution in [-0.4, -0.2) is 73.8 Å². The quantitative estimate of drug-likeness (QED) is 0.227. The minimum absolute atomic E-state index is 0.127. The van der Waals surface area contributed by atoms with E-state index >= 15 is 0 Å². The van der Waals surface area contributed by atoms with Crippen LogP contribution in [0.15, 0.2) is 83.3 Å². The molecule has 3 saturated heterocycles. The number of para-hydroxylation sites is 1. The van der Waals surface area contributed by atoms with Crippen molar-refractivity contribution in [2.24, 2.45) is 0 Å². The fourth-order valence-electron chi connectivity index (χ4n) is 7.73. The molecule has 2 aromatic heterocycles. The lowest BCUT2D eigenvalue weighted by molar-refractivity contribution is -0.128. The highest BCUT2D eigenvalue weighted by Gasteiger charge is 2.44. The number of hydrogen-bond donors (Lipinski definition) is 1. The van der Waals surface area contributed by atoms with E-state index in [1.165, 1.54) is 0 Å². The number of likely N-dealkylation sites (tertiary alicyclic amines) is 1. The number of amides is 1. The second kappa shape index (κ2) is 12.4. The molecule has 3 aliphatic rings. The minimum Gasteiger partial charge on any atom is -0.457 e. The molecule has 0 spiro atoms. The topological polar surface area (TPSA) is 132 Å². The maximum absolute atomic E-state index is 14.2. The molecular formula is C36H39N7O4. The van der Waals surface area contributed by atoms with Crippen molar-refractivity contribution in [1.29, 1.82) is 5.26 Å². The van der Waals surface area contributed by atoms with Crippen molar-refractivity contribution in [2.45, 2.75) is 63.2 Å². The van der Waals surface area contributed by atoms with Gasteiger partial charge < -0.3 is 20.1 Å². The maximum atomic E-state index is 14.2. The smallest absolute Gasteiger partial charge is 0.334 e.